The summed E-state index contributed by atoms with van der Waals surface area (Å²) in [6.45, 7) is 5.49. The predicted molar refractivity (Wildman–Crippen MR) is 74.9 cm³/mol. The summed E-state index contributed by atoms with van der Waals surface area (Å²) in [6, 6.07) is 4.64. The number of oxime groups is 1. The van der Waals surface area contributed by atoms with Crippen molar-refractivity contribution in [2.24, 2.45) is 16.8 Å². The van der Waals surface area contributed by atoms with Crippen molar-refractivity contribution in [2.75, 3.05) is 13.1 Å². The number of nitrogens with zero attached hydrogens (tertiary/aromatic N) is 2. The van der Waals surface area contributed by atoms with Crippen LogP contribution in [0.2, 0.25) is 5.02 Å². The zero-order valence-electron chi connectivity index (χ0n) is 11.1. The van der Waals surface area contributed by atoms with E-state index in [-0.39, 0.29) is 17.6 Å². The Kier molecular flexibility index (Phi) is 6.05. The van der Waals surface area contributed by atoms with Gasteiger partial charge >= 0.3 is 0 Å². The van der Waals surface area contributed by atoms with E-state index in [0.717, 1.165) is 0 Å². The lowest BCUT2D eigenvalue weighted by atomic mass is 10.1. The molecule has 0 spiro atoms. The molecule has 1 rings (SSSR count). The highest BCUT2D eigenvalue weighted by atomic mass is 35.5. The van der Waals surface area contributed by atoms with Crippen LogP contribution in [0.1, 0.15) is 19.4 Å². The average molecular weight is 288 g/mol. The van der Waals surface area contributed by atoms with Crippen molar-refractivity contribution in [2.45, 2.75) is 20.4 Å². The Morgan fingerprint density at radius 1 is 1.58 bits per heavy atom. The number of rotatable bonds is 6. The zero-order chi connectivity index (χ0) is 14.4. The van der Waals surface area contributed by atoms with E-state index in [1.165, 1.54) is 6.07 Å². The molecule has 3 N–H and O–H groups in total. The SMILES string of the molecule is CCN(Cc1c(F)cccc1Cl)CC(C)C(N)=NO. The normalized spacial score (nSPS) is 13.8. The van der Waals surface area contributed by atoms with Crippen molar-refractivity contribution < 1.29 is 9.60 Å². The molecule has 0 aliphatic heterocycles. The Morgan fingerprint density at radius 3 is 2.79 bits per heavy atom. The van der Waals surface area contributed by atoms with Gasteiger partial charge in [-0.1, -0.05) is 36.7 Å². The molecule has 1 aromatic rings. The van der Waals surface area contributed by atoms with Gasteiger partial charge in [0.1, 0.15) is 11.7 Å². The van der Waals surface area contributed by atoms with Crippen LogP contribution in [0.15, 0.2) is 23.4 Å². The Balaban J connectivity index is 2.77. The molecule has 0 saturated heterocycles. The molecular formula is C13H19ClFN3O. The van der Waals surface area contributed by atoms with Gasteiger partial charge in [0.25, 0.3) is 0 Å². The minimum Gasteiger partial charge on any atom is -0.409 e. The van der Waals surface area contributed by atoms with Gasteiger partial charge in [-0.05, 0) is 18.7 Å². The first-order valence-electron chi connectivity index (χ1n) is 6.12. The van der Waals surface area contributed by atoms with Gasteiger partial charge in [-0.15, -0.1) is 0 Å². The third kappa shape index (κ3) is 4.36. The van der Waals surface area contributed by atoms with Crippen molar-refractivity contribution in [1.29, 1.82) is 0 Å². The third-order valence-electron chi connectivity index (χ3n) is 3.04. The molecule has 1 unspecified atom stereocenters. The second-order valence-electron chi connectivity index (χ2n) is 4.45. The smallest absolute Gasteiger partial charge is 0.143 e. The predicted octanol–water partition coefficient (Wildman–Crippen LogP) is 2.68. The first-order chi connectivity index (χ1) is 8.99. The Bertz CT molecular complexity index is 433. The van der Waals surface area contributed by atoms with Gasteiger partial charge in [-0.25, -0.2) is 4.39 Å². The molecule has 1 atom stereocenters. The van der Waals surface area contributed by atoms with Gasteiger partial charge in [0.15, 0.2) is 0 Å². The molecule has 4 nitrogen and oxygen atoms in total. The van der Waals surface area contributed by atoms with Crippen LogP contribution in [0.25, 0.3) is 0 Å². The van der Waals surface area contributed by atoms with E-state index >= 15 is 0 Å². The van der Waals surface area contributed by atoms with E-state index < -0.39 is 0 Å². The number of nitrogens with two attached hydrogens (primary N) is 1. The van der Waals surface area contributed by atoms with E-state index in [1.807, 2.05) is 18.7 Å². The van der Waals surface area contributed by atoms with Crippen molar-refractivity contribution in [1.82, 2.24) is 4.90 Å². The molecule has 106 valence electrons. The van der Waals surface area contributed by atoms with Crippen LogP contribution in [0.3, 0.4) is 0 Å². The minimum absolute atomic E-state index is 0.115. The van der Waals surface area contributed by atoms with E-state index in [0.29, 0.717) is 30.2 Å². The van der Waals surface area contributed by atoms with Gasteiger partial charge in [-0.3, -0.25) is 4.90 Å². The summed E-state index contributed by atoms with van der Waals surface area (Å²) in [5.41, 5.74) is 6.02. The van der Waals surface area contributed by atoms with Crippen LogP contribution in [0.5, 0.6) is 0 Å². The van der Waals surface area contributed by atoms with E-state index in [9.17, 15) is 4.39 Å². The molecule has 6 heteroatoms. The molecular weight excluding hydrogens is 269 g/mol. The maximum absolute atomic E-state index is 13.7. The first-order valence-corrected chi connectivity index (χ1v) is 6.50. The van der Waals surface area contributed by atoms with Gasteiger partial charge in [0, 0.05) is 29.6 Å². The highest BCUT2D eigenvalue weighted by Gasteiger charge is 2.16. The summed E-state index contributed by atoms with van der Waals surface area (Å²) in [4.78, 5) is 1.99. The Hall–Kier alpha value is -1.33. The summed E-state index contributed by atoms with van der Waals surface area (Å²) in [6.07, 6.45) is 0. The monoisotopic (exact) mass is 287 g/mol. The first kappa shape index (κ1) is 15.7. The largest absolute Gasteiger partial charge is 0.409 e. The van der Waals surface area contributed by atoms with Gasteiger partial charge in [0.05, 0.1) is 0 Å². The molecule has 0 saturated carbocycles. The van der Waals surface area contributed by atoms with Crippen LogP contribution >= 0.6 is 11.6 Å². The van der Waals surface area contributed by atoms with Crippen LogP contribution in [-0.4, -0.2) is 29.0 Å². The summed E-state index contributed by atoms with van der Waals surface area (Å²) in [7, 11) is 0. The highest BCUT2D eigenvalue weighted by Crippen LogP contribution is 2.21. The van der Waals surface area contributed by atoms with Crippen LogP contribution in [0.4, 0.5) is 4.39 Å². The van der Waals surface area contributed by atoms with Crippen molar-refractivity contribution in [3.8, 4) is 0 Å². The van der Waals surface area contributed by atoms with E-state index in [2.05, 4.69) is 5.16 Å². The standard InChI is InChI=1S/C13H19ClFN3O/c1-3-18(7-9(2)13(16)17-19)8-10-11(14)5-4-6-12(10)15/h4-6,9,19H,3,7-8H2,1-2H3,(H2,16,17). The molecule has 1 aromatic carbocycles. The Labute approximate surface area is 117 Å². The summed E-state index contributed by atoms with van der Waals surface area (Å²) >= 11 is 6.00. The topological polar surface area (TPSA) is 61.8 Å². The zero-order valence-corrected chi connectivity index (χ0v) is 11.9. The second-order valence-corrected chi connectivity index (χ2v) is 4.86. The van der Waals surface area contributed by atoms with Crippen LogP contribution in [-0.2, 0) is 6.54 Å². The van der Waals surface area contributed by atoms with Crippen molar-refractivity contribution >= 4 is 17.4 Å². The molecule has 0 fully saturated rings. The lowest BCUT2D eigenvalue weighted by Gasteiger charge is -2.24. The molecule has 0 heterocycles. The fourth-order valence-corrected chi connectivity index (χ4v) is 2.01. The lowest BCUT2D eigenvalue weighted by molar-refractivity contribution is 0.254. The quantitative estimate of drug-likeness (QED) is 0.366. The number of benzene rings is 1. The second kappa shape index (κ2) is 7.31. The lowest BCUT2D eigenvalue weighted by Crippen LogP contribution is -2.34. The fourth-order valence-electron chi connectivity index (χ4n) is 1.79. The van der Waals surface area contributed by atoms with E-state index in [1.54, 1.807) is 12.1 Å². The highest BCUT2D eigenvalue weighted by molar-refractivity contribution is 6.31. The summed E-state index contributed by atoms with van der Waals surface area (Å²) in [5, 5.41) is 12.0. The van der Waals surface area contributed by atoms with Crippen molar-refractivity contribution in [3.05, 3.63) is 34.6 Å². The van der Waals surface area contributed by atoms with E-state index in [4.69, 9.17) is 22.5 Å². The summed E-state index contributed by atoms with van der Waals surface area (Å²) < 4.78 is 13.7. The average Bonchev–Trinajstić information content (AvgIpc) is 2.40. The minimum atomic E-state index is -0.317. The maximum atomic E-state index is 13.7. The van der Waals surface area contributed by atoms with Crippen LogP contribution < -0.4 is 5.73 Å². The van der Waals surface area contributed by atoms with Crippen molar-refractivity contribution in [3.63, 3.8) is 0 Å². The molecule has 0 bridgehead atoms. The summed E-state index contributed by atoms with van der Waals surface area (Å²) in [5.74, 6) is -0.268. The fraction of sp³-hybridized carbons (Fsp3) is 0.462. The number of hydrogen-bond donors (Lipinski definition) is 2. The number of halogens is 2. The Morgan fingerprint density at radius 2 is 2.26 bits per heavy atom. The number of hydrogen-bond acceptors (Lipinski definition) is 3. The van der Waals surface area contributed by atoms with Crippen LogP contribution in [0, 0.1) is 11.7 Å². The molecule has 0 aromatic heterocycles. The molecule has 0 aliphatic carbocycles. The van der Waals surface area contributed by atoms with Gasteiger partial charge < -0.3 is 10.9 Å². The molecule has 0 aliphatic rings. The molecule has 0 radical (unpaired) electrons. The maximum Gasteiger partial charge on any atom is 0.143 e. The van der Waals surface area contributed by atoms with Gasteiger partial charge in [-0.2, -0.15) is 0 Å². The molecule has 19 heavy (non-hydrogen) atoms. The molecule has 0 amide bonds. The van der Waals surface area contributed by atoms with Gasteiger partial charge in [0.2, 0.25) is 0 Å². The number of amidine groups is 1. The third-order valence-corrected chi connectivity index (χ3v) is 3.40.